The summed E-state index contributed by atoms with van der Waals surface area (Å²) in [5, 5.41) is 9.79. The summed E-state index contributed by atoms with van der Waals surface area (Å²) in [6, 6.07) is -0.206. The van der Waals surface area contributed by atoms with Gasteiger partial charge in [-0.2, -0.15) is 0 Å². The first-order valence-corrected chi connectivity index (χ1v) is 8.08. The number of aliphatic hydroxyl groups is 1. The summed E-state index contributed by atoms with van der Waals surface area (Å²) in [6.45, 7) is 4.36. The van der Waals surface area contributed by atoms with Crippen LogP contribution in [0, 0.1) is 0 Å². The summed E-state index contributed by atoms with van der Waals surface area (Å²) in [5.74, 6) is 0.0243. The molecule has 0 spiro atoms. The number of piperidine rings is 1. The van der Waals surface area contributed by atoms with E-state index in [0.29, 0.717) is 6.10 Å². The Labute approximate surface area is 103 Å². The van der Waals surface area contributed by atoms with Gasteiger partial charge >= 0.3 is 0 Å². The van der Waals surface area contributed by atoms with E-state index in [2.05, 4.69) is 4.90 Å². The van der Waals surface area contributed by atoms with E-state index in [1.807, 2.05) is 6.92 Å². The highest BCUT2D eigenvalue weighted by Crippen LogP contribution is 2.23. The number of sulfone groups is 1. The van der Waals surface area contributed by atoms with Crippen LogP contribution in [0.5, 0.6) is 0 Å². The largest absolute Gasteiger partial charge is 0.390 e. The third-order valence-corrected chi connectivity index (χ3v) is 5.34. The molecule has 6 heteroatoms. The van der Waals surface area contributed by atoms with Crippen molar-refractivity contribution in [3.05, 3.63) is 0 Å². The zero-order chi connectivity index (χ0) is 12.5. The Kier molecular flexibility index (Phi) is 4.07. The van der Waals surface area contributed by atoms with Crippen LogP contribution >= 0.6 is 0 Å². The molecule has 2 heterocycles. The third kappa shape index (κ3) is 3.19. The predicted molar refractivity (Wildman–Crippen MR) is 64.7 cm³/mol. The number of nitrogens with zero attached hydrogens (tertiary/aromatic N) is 1. The maximum Gasteiger partial charge on any atom is 0.154 e. The Morgan fingerprint density at radius 2 is 1.94 bits per heavy atom. The van der Waals surface area contributed by atoms with Crippen molar-refractivity contribution in [2.45, 2.75) is 38.0 Å². The zero-order valence-corrected chi connectivity index (χ0v) is 11.0. The minimum Gasteiger partial charge on any atom is -0.390 e. The van der Waals surface area contributed by atoms with Crippen molar-refractivity contribution in [3.63, 3.8) is 0 Å². The maximum atomic E-state index is 11.4. The molecule has 2 aliphatic heterocycles. The van der Waals surface area contributed by atoms with Gasteiger partial charge in [-0.15, -0.1) is 0 Å². The van der Waals surface area contributed by atoms with Gasteiger partial charge in [-0.05, 0) is 19.8 Å². The van der Waals surface area contributed by atoms with Gasteiger partial charge in [0.15, 0.2) is 9.84 Å². The van der Waals surface area contributed by atoms with E-state index in [1.165, 1.54) is 0 Å². The van der Waals surface area contributed by atoms with Crippen LogP contribution in [0.15, 0.2) is 0 Å². The lowest BCUT2D eigenvalue weighted by atomic mass is 10.0. The number of hydrogen-bond donors (Lipinski definition) is 1. The molecule has 2 atom stereocenters. The monoisotopic (exact) mass is 263 g/mol. The number of hydrogen-bond acceptors (Lipinski definition) is 5. The molecule has 100 valence electrons. The lowest BCUT2D eigenvalue weighted by Gasteiger charge is -2.36. The second-order valence-corrected chi connectivity index (χ2v) is 7.06. The van der Waals surface area contributed by atoms with Gasteiger partial charge in [0.1, 0.15) is 0 Å². The number of likely N-dealkylation sites (tertiary alicyclic amines) is 1. The van der Waals surface area contributed by atoms with Crippen molar-refractivity contribution < 1.29 is 18.3 Å². The Morgan fingerprint density at radius 1 is 1.29 bits per heavy atom. The van der Waals surface area contributed by atoms with Gasteiger partial charge in [-0.3, -0.25) is 4.90 Å². The van der Waals surface area contributed by atoms with Crippen molar-refractivity contribution in [1.29, 1.82) is 0 Å². The van der Waals surface area contributed by atoms with Gasteiger partial charge in [0.2, 0.25) is 0 Å². The Hall–Kier alpha value is -0.170. The maximum absolute atomic E-state index is 11.4. The molecule has 5 nitrogen and oxygen atoms in total. The smallest absolute Gasteiger partial charge is 0.154 e. The van der Waals surface area contributed by atoms with Gasteiger partial charge in [0.05, 0.1) is 29.8 Å². The van der Waals surface area contributed by atoms with Crippen LogP contribution in [0.1, 0.15) is 19.8 Å². The summed E-state index contributed by atoms with van der Waals surface area (Å²) in [5.41, 5.74) is 0. The molecule has 0 radical (unpaired) electrons. The summed E-state index contributed by atoms with van der Waals surface area (Å²) in [6.07, 6.45) is 1.43. The van der Waals surface area contributed by atoms with Crippen molar-refractivity contribution >= 4 is 9.84 Å². The van der Waals surface area contributed by atoms with Crippen LogP contribution in [0.25, 0.3) is 0 Å². The summed E-state index contributed by atoms with van der Waals surface area (Å²) in [4.78, 5) is 2.10. The average molecular weight is 263 g/mol. The predicted octanol–water partition coefficient (Wildman–Crippen LogP) is -0.355. The van der Waals surface area contributed by atoms with Crippen LogP contribution in [-0.4, -0.2) is 67.9 Å². The van der Waals surface area contributed by atoms with Gasteiger partial charge in [0, 0.05) is 19.7 Å². The zero-order valence-electron chi connectivity index (χ0n) is 10.2. The minimum absolute atomic E-state index is 0.0803. The highest BCUT2D eigenvalue weighted by Gasteiger charge is 2.40. The molecule has 0 amide bonds. The fourth-order valence-corrected chi connectivity index (χ4v) is 4.60. The van der Waals surface area contributed by atoms with Crippen LogP contribution in [0.2, 0.25) is 0 Å². The van der Waals surface area contributed by atoms with Gasteiger partial charge in [-0.25, -0.2) is 8.42 Å². The van der Waals surface area contributed by atoms with Crippen molar-refractivity contribution in [2.75, 3.05) is 31.2 Å². The molecule has 2 saturated heterocycles. The Morgan fingerprint density at radius 3 is 2.41 bits per heavy atom. The molecule has 2 fully saturated rings. The molecule has 0 aliphatic carbocycles. The van der Waals surface area contributed by atoms with Gasteiger partial charge in [0.25, 0.3) is 0 Å². The fourth-order valence-electron chi connectivity index (χ4n) is 2.77. The van der Waals surface area contributed by atoms with Crippen LogP contribution in [0.4, 0.5) is 0 Å². The molecular weight excluding hydrogens is 242 g/mol. The second-order valence-electron chi connectivity index (χ2n) is 4.90. The van der Waals surface area contributed by atoms with Crippen LogP contribution in [0.3, 0.4) is 0 Å². The topological polar surface area (TPSA) is 66.8 Å². The SMILES string of the molecule is CCOC1CCN(C2CS(=O)(=O)CC2O)CC1. The standard InChI is InChI=1S/C11H21NO4S/c1-2-16-9-3-5-12(6-4-9)10-7-17(14,15)8-11(10)13/h9-11,13H,2-8H2,1H3. The lowest BCUT2D eigenvalue weighted by Crippen LogP contribution is -2.48. The van der Waals surface area contributed by atoms with E-state index in [9.17, 15) is 13.5 Å². The number of aliphatic hydroxyl groups excluding tert-OH is 1. The quantitative estimate of drug-likeness (QED) is 0.753. The molecule has 1 N–H and O–H groups in total. The highest BCUT2D eigenvalue weighted by atomic mass is 32.2. The molecule has 17 heavy (non-hydrogen) atoms. The summed E-state index contributed by atoms with van der Waals surface area (Å²) < 4.78 is 28.5. The second kappa shape index (κ2) is 5.22. The van der Waals surface area contributed by atoms with E-state index in [-0.39, 0.29) is 17.5 Å². The molecule has 0 aromatic carbocycles. The van der Waals surface area contributed by atoms with E-state index >= 15 is 0 Å². The molecule has 0 saturated carbocycles. The summed E-state index contributed by atoms with van der Waals surface area (Å²) >= 11 is 0. The van der Waals surface area contributed by atoms with E-state index in [4.69, 9.17) is 4.74 Å². The van der Waals surface area contributed by atoms with E-state index in [0.717, 1.165) is 32.5 Å². The molecular formula is C11H21NO4S. The Balaban J connectivity index is 1.89. The first-order chi connectivity index (χ1) is 8.02. The molecule has 2 unspecified atom stereocenters. The number of ether oxygens (including phenoxy) is 1. The van der Waals surface area contributed by atoms with Gasteiger partial charge in [-0.1, -0.05) is 0 Å². The third-order valence-electron chi connectivity index (χ3n) is 3.64. The molecule has 0 aromatic rings. The molecule has 0 aromatic heterocycles. The molecule has 0 bridgehead atoms. The normalized spacial score (nSPS) is 35.2. The van der Waals surface area contributed by atoms with Crippen molar-refractivity contribution in [3.8, 4) is 0 Å². The van der Waals surface area contributed by atoms with Crippen molar-refractivity contribution in [2.24, 2.45) is 0 Å². The minimum atomic E-state index is -3.04. The molecule has 2 aliphatic rings. The van der Waals surface area contributed by atoms with Crippen LogP contribution in [-0.2, 0) is 14.6 Å². The average Bonchev–Trinajstić information content (AvgIpc) is 2.54. The highest BCUT2D eigenvalue weighted by molar-refractivity contribution is 7.91. The fraction of sp³-hybridized carbons (Fsp3) is 1.00. The van der Waals surface area contributed by atoms with Crippen molar-refractivity contribution in [1.82, 2.24) is 4.90 Å². The lowest BCUT2D eigenvalue weighted by molar-refractivity contribution is -0.00896. The van der Waals surface area contributed by atoms with Gasteiger partial charge < -0.3 is 9.84 Å². The first-order valence-electron chi connectivity index (χ1n) is 6.26. The summed E-state index contributed by atoms with van der Waals surface area (Å²) in [7, 11) is -3.04. The Bertz CT molecular complexity index is 348. The van der Waals surface area contributed by atoms with Crippen LogP contribution < -0.4 is 0 Å². The number of rotatable bonds is 3. The van der Waals surface area contributed by atoms with E-state index < -0.39 is 15.9 Å². The molecule has 2 rings (SSSR count). The first kappa shape index (κ1) is 13.3. The van der Waals surface area contributed by atoms with E-state index in [1.54, 1.807) is 0 Å².